The molecule has 0 spiro atoms. The van der Waals surface area contributed by atoms with Gasteiger partial charge in [0.25, 0.3) is 0 Å². The normalized spacial score (nSPS) is 21.3. The number of piperidine rings is 1. The number of aromatic amines is 1. The van der Waals surface area contributed by atoms with Crippen LogP contribution in [0.25, 0.3) is 11.0 Å². The smallest absolute Gasteiger partial charge is 0.160 e. The van der Waals surface area contributed by atoms with Gasteiger partial charge in [0.2, 0.25) is 0 Å². The molecule has 1 saturated carbocycles. The Balaban J connectivity index is 1.10. The van der Waals surface area contributed by atoms with Crippen LogP contribution in [0.3, 0.4) is 0 Å². The fourth-order valence-electron chi connectivity index (χ4n) is 5.04. The number of H-pyrrole nitrogens is 1. The molecule has 3 fully saturated rings. The van der Waals surface area contributed by atoms with Gasteiger partial charge in [0.15, 0.2) is 5.82 Å². The van der Waals surface area contributed by atoms with Crippen molar-refractivity contribution in [3.8, 4) is 0 Å². The Kier molecular flexibility index (Phi) is 5.19. The number of fused-ring (bicyclic) bond motifs is 1. The van der Waals surface area contributed by atoms with E-state index in [1.54, 1.807) is 6.20 Å². The highest BCUT2D eigenvalue weighted by molar-refractivity contribution is 5.86. The Morgan fingerprint density at radius 2 is 1.66 bits per heavy atom. The molecule has 2 N–H and O–H groups in total. The van der Waals surface area contributed by atoms with Crippen LogP contribution in [0.4, 0.5) is 17.2 Å². The van der Waals surface area contributed by atoms with Gasteiger partial charge in [-0.25, -0.2) is 9.97 Å². The van der Waals surface area contributed by atoms with Gasteiger partial charge in [0, 0.05) is 62.6 Å². The molecule has 1 aliphatic carbocycles. The lowest BCUT2D eigenvalue weighted by Crippen LogP contribution is -2.52. The second kappa shape index (κ2) is 8.33. The number of nitrogens with zero attached hydrogens (tertiary/aromatic N) is 6. The number of piperazine rings is 1. The minimum Gasteiger partial charge on any atom is -0.371 e. The molecule has 1 aromatic carbocycles. The summed E-state index contributed by atoms with van der Waals surface area (Å²) in [5.74, 6) is 2.25. The second-order valence-electron chi connectivity index (χ2n) is 9.56. The first-order valence-electron chi connectivity index (χ1n) is 12.0. The predicted octanol–water partition coefficient (Wildman–Crippen LogP) is 3.19. The van der Waals surface area contributed by atoms with Crippen LogP contribution in [0.2, 0.25) is 0 Å². The summed E-state index contributed by atoms with van der Waals surface area (Å²) in [6, 6.07) is 9.51. The van der Waals surface area contributed by atoms with Crippen LogP contribution in [-0.2, 0) is 0 Å². The average Bonchev–Trinajstić information content (AvgIpc) is 3.57. The maximum Gasteiger partial charge on any atom is 0.160 e. The molecule has 32 heavy (non-hydrogen) atoms. The van der Waals surface area contributed by atoms with Crippen molar-refractivity contribution < 1.29 is 0 Å². The summed E-state index contributed by atoms with van der Waals surface area (Å²) < 4.78 is 0. The van der Waals surface area contributed by atoms with Crippen molar-refractivity contribution in [1.82, 2.24) is 30.0 Å². The van der Waals surface area contributed by atoms with Crippen LogP contribution in [0.1, 0.15) is 37.4 Å². The molecule has 0 bridgehead atoms. The topological polar surface area (TPSA) is 76.2 Å². The highest BCUT2D eigenvalue weighted by atomic mass is 15.3. The molecule has 3 aromatic rings. The van der Waals surface area contributed by atoms with E-state index in [2.05, 4.69) is 66.5 Å². The van der Waals surface area contributed by atoms with Crippen LogP contribution in [0.15, 0.2) is 30.5 Å². The third-order valence-electron chi connectivity index (χ3n) is 7.27. The van der Waals surface area contributed by atoms with Gasteiger partial charge in [-0.2, -0.15) is 5.10 Å². The summed E-state index contributed by atoms with van der Waals surface area (Å²) in [7, 11) is 2.23. The highest BCUT2D eigenvalue weighted by Crippen LogP contribution is 2.39. The first-order valence-corrected chi connectivity index (χ1v) is 12.0. The number of hydrogen-bond acceptors (Lipinski definition) is 7. The van der Waals surface area contributed by atoms with Gasteiger partial charge in [-0.1, -0.05) is 0 Å². The average molecular weight is 433 g/mol. The molecule has 2 saturated heterocycles. The van der Waals surface area contributed by atoms with E-state index in [-0.39, 0.29) is 0 Å². The second-order valence-corrected chi connectivity index (χ2v) is 9.56. The van der Waals surface area contributed by atoms with Gasteiger partial charge in [0.05, 0.1) is 6.20 Å². The molecule has 0 unspecified atom stereocenters. The van der Waals surface area contributed by atoms with E-state index in [9.17, 15) is 0 Å². The summed E-state index contributed by atoms with van der Waals surface area (Å²) in [4.78, 5) is 17.1. The SMILES string of the molecule is CN1CCN(C2CCN(c3ccc(Nc4nc(C5CC5)nc5cn[nH]c45)cc3)CC2)CC1. The van der Waals surface area contributed by atoms with Gasteiger partial charge < -0.3 is 15.1 Å². The molecule has 8 heteroatoms. The van der Waals surface area contributed by atoms with Gasteiger partial charge in [-0.05, 0) is 57.0 Å². The van der Waals surface area contributed by atoms with Crippen molar-refractivity contribution in [2.45, 2.75) is 37.6 Å². The molecule has 0 amide bonds. The summed E-state index contributed by atoms with van der Waals surface area (Å²) in [5.41, 5.74) is 4.09. The summed E-state index contributed by atoms with van der Waals surface area (Å²) in [6.07, 6.45) is 6.66. The zero-order valence-corrected chi connectivity index (χ0v) is 18.8. The number of rotatable bonds is 5. The Morgan fingerprint density at radius 3 is 2.38 bits per heavy atom. The lowest BCUT2D eigenvalue weighted by atomic mass is 10.0. The monoisotopic (exact) mass is 432 g/mol. The number of anilines is 3. The first-order chi connectivity index (χ1) is 15.7. The molecule has 2 aromatic heterocycles. The summed E-state index contributed by atoms with van der Waals surface area (Å²) in [6.45, 7) is 7.11. The van der Waals surface area contributed by atoms with Crippen LogP contribution < -0.4 is 10.2 Å². The van der Waals surface area contributed by atoms with Crippen LogP contribution in [0.5, 0.6) is 0 Å². The fourth-order valence-corrected chi connectivity index (χ4v) is 5.04. The number of aromatic nitrogens is 4. The Morgan fingerprint density at radius 1 is 0.906 bits per heavy atom. The zero-order chi connectivity index (χ0) is 21.5. The maximum atomic E-state index is 4.79. The van der Waals surface area contributed by atoms with Gasteiger partial charge in [0.1, 0.15) is 16.9 Å². The lowest BCUT2D eigenvalue weighted by molar-refractivity contribution is 0.0982. The van der Waals surface area contributed by atoms with Crippen LogP contribution in [0, 0.1) is 0 Å². The van der Waals surface area contributed by atoms with Crippen molar-refractivity contribution in [3.63, 3.8) is 0 Å². The largest absolute Gasteiger partial charge is 0.371 e. The van der Waals surface area contributed by atoms with Gasteiger partial charge >= 0.3 is 0 Å². The van der Waals surface area contributed by atoms with E-state index >= 15 is 0 Å². The van der Waals surface area contributed by atoms with E-state index in [0.29, 0.717) is 5.92 Å². The molecular weight excluding hydrogens is 400 g/mol. The molecule has 8 nitrogen and oxygen atoms in total. The molecule has 3 aliphatic rings. The molecule has 0 atom stereocenters. The third-order valence-corrected chi connectivity index (χ3v) is 7.27. The van der Waals surface area contributed by atoms with E-state index < -0.39 is 0 Å². The zero-order valence-electron chi connectivity index (χ0n) is 18.8. The van der Waals surface area contributed by atoms with E-state index in [1.165, 1.54) is 57.5 Å². The van der Waals surface area contributed by atoms with Crippen LogP contribution in [-0.4, -0.2) is 82.3 Å². The van der Waals surface area contributed by atoms with E-state index in [0.717, 1.165) is 47.5 Å². The Labute approximate surface area is 189 Å². The lowest BCUT2D eigenvalue weighted by Gasteiger charge is -2.42. The number of likely N-dealkylation sites (N-methyl/N-ethyl adjacent to an activating group) is 1. The number of hydrogen-bond donors (Lipinski definition) is 2. The van der Waals surface area contributed by atoms with E-state index in [1.807, 2.05) is 0 Å². The molecular formula is C24H32N8. The fraction of sp³-hybridized carbons (Fsp3) is 0.542. The predicted molar refractivity (Wildman–Crippen MR) is 128 cm³/mol. The Hall–Kier alpha value is -2.71. The van der Waals surface area contributed by atoms with Gasteiger partial charge in [-0.15, -0.1) is 0 Å². The number of nitrogens with one attached hydrogen (secondary N) is 2. The molecule has 0 radical (unpaired) electrons. The maximum absolute atomic E-state index is 4.79. The first kappa shape index (κ1) is 19.9. The molecule has 2 aliphatic heterocycles. The molecule has 168 valence electrons. The van der Waals surface area contributed by atoms with Crippen molar-refractivity contribution in [2.75, 3.05) is 56.5 Å². The minimum absolute atomic E-state index is 0.506. The quantitative estimate of drug-likeness (QED) is 0.641. The molecule has 4 heterocycles. The summed E-state index contributed by atoms with van der Waals surface area (Å²) in [5, 5.41) is 10.7. The molecule has 6 rings (SSSR count). The van der Waals surface area contributed by atoms with E-state index in [4.69, 9.17) is 4.98 Å². The van der Waals surface area contributed by atoms with Crippen molar-refractivity contribution in [3.05, 3.63) is 36.3 Å². The summed E-state index contributed by atoms with van der Waals surface area (Å²) >= 11 is 0. The highest BCUT2D eigenvalue weighted by Gasteiger charge is 2.28. The van der Waals surface area contributed by atoms with Crippen molar-refractivity contribution >= 4 is 28.2 Å². The van der Waals surface area contributed by atoms with Crippen molar-refractivity contribution in [1.29, 1.82) is 0 Å². The van der Waals surface area contributed by atoms with Gasteiger partial charge in [-0.3, -0.25) is 10.00 Å². The standard InChI is InChI=1S/C24H32N8/c1-30-12-14-32(15-13-30)20-8-10-31(11-9-20)19-6-4-18(5-7-19)26-24-22-21(16-25-29-22)27-23(28-24)17-2-3-17/h4-7,16-17,20H,2-3,8-15H2,1H3,(H,25,29)(H,26,27,28). The van der Waals surface area contributed by atoms with Crippen molar-refractivity contribution in [2.24, 2.45) is 0 Å². The number of benzene rings is 1. The third kappa shape index (κ3) is 4.04. The van der Waals surface area contributed by atoms with Crippen LogP contribution >= 0.6 is 0 Å². The Bertz CT molecular complexity index is 1060. The minimum atomic E-state index is 0.506.